The Morgan fingerprint density at radius 3 is 2.30 bits per heavy atom. The number of benzene rings is 2. The number of aryl methyl sites for hydroxylation is 1. The molecule has 2 amide bonds. The normalized spacial score (nSPS) is 13.7. The van der Waals surface area contributed by atoms with E-state index < -0.39 is 41.2 Å². The first-order chi connectivity index (χ1) is 15.7. The number of carbonyl (C=O) groups is 2. The van der Waals surface area contributed by atoms with Crippen molar-refractivity contribution in [3.05, 3.63) is 83.0 Å². The molecule has 0 saturated carbocycles. The molecule has 2 unspecified atom stereocenters. The molecule has 3 aromatic rings. The monoisotopic (exact) mass is 460 g/mol. The van der Waals surface area contributed by atoms with Crippen molar-refractivity contribution in [1.82, 2.24) is 20.8 Å². The number of alkyl halides is 1. The molecule has 0 saturated heterocycles. The van der Waals surface area contributed by atoms with Gasteiger partial charge < -0.3 is 15.2 Å². The van der Waals surface area contributed by atoms with Crippen LogP contribution in [0.1, 0.15) is 48.3 Å². The SMILES string of the molecule is Cc1noc(C(CCNC(=O)[C@H](C)NC(=O)C(F)c2cc(F)cc(F)c2)c2ccccc2)n1. The lowest BCUT2D eigenvalue weighted by Crippen LogP contribution is -2.46. The highest BCUT2D eigenvalue weighted by molar-refractivity contribution is 5.89. The fourth-order valence-corrected chi connectivity index (χ4v) is 3.29. The molecule has 10 heteroatoms. The van der Waals surface area contributed by atoms with Crippen molar-refractivity contribution in [1.29, 1.82) is 0 Å². The van der Waals surface area contributed by atoms with Crippen LogP contribution in [-0.2, 0) is 9.59 Å². The molecule has 0 aliphatic carbocycles. The van der Waals surface area contributed by atoms with Crippen LogP contribution in [0.4, 0.5) is 13.2 Å². The minimum atomic E-state index is -2.33. The largest absolute Gasteiger partial charge is 0.354 e. The molecule has 0 spiro atoms. The number of carbonyl (C=O) groups excluding carboxylic acids is 2. The lowest BCUT2D eigenvalue weighted by atomic mass is 9.95. The summed E-state index contributed by atoms with van der Waals surface area (Å²) < 4.78 is 46.2. The molecule has 3 atom stereocenters. The molecule has 174 valence electrons. The second-order valence-corrected chi connectivity index (χ2v) is 7.52. The van der Waals surface area contributed by atoms with Crippen molar-refractivity contribution in [2.75, 3.05) is 6.54 Å². The summed E-state index contributed by atoms with van der Waals surface area (Å²) in [7, 11) is 0. The Balaban J connectivity index is 1.56. The fraction of sp³-hybridized carbons (Fsp3) is 0.304. The number of nitrogens with zero attached hydrogens (tertiary/aromatic N) is 2. The van der Waals surface area contributed by atoms with Gasteiger partial charge in [0.15, 0.2) is 5.82 Å². The lowest BCUT2D eigenvalue weighted by Gasteiger charge is -2.18. The Kier molecular flexibility index (Phi) is 7.81. The van der Waals surface area contributed by atoms with Crippen LogP contribution in [0.15, 0.2) is 53.1 Å². The standard InChI is InChI=1S/C23H23F3N4O3/c1-13(28-22(32)20(26)16-10-17(24)12-18(25)11-16)21(31)27-9-8-19(15-6-4-3-5-7-15)23-29-14(2)30-33-23/h3-7,10-13,19-20H,8-9H2,1-2H3,(H,27,31)(H,28,32)/t13-,19?,20?/m0/s1. The molecule has 1 aromatic heterocycles. The third kappa shape index (κ3) is 6.41. The minimum Gasteiger partial charge on any atom is -0.354 e. The number of nitrogens with one attached hydrogen (secondary N) is 2. The first-order valence-electron chi connectivity index (χ1n) is 10.3. The summed E-state index contributed by atoms with van der Waals surface area (Å²) in [4.78, 5) is 28.8. The van der Waals surface area contributed by atoms with Gasteiger partial charge in [0.05, 0.1) is 5.92 Å². The summed E-state index contributed by atoms with van der Waals surface area (Å²) in [5.74, 6) is -3.08. The zero-order chi connectivity index (χ0) is 24.0. The van der Waals surface area contributed by atoms with Crippen LogP contribution in [0.5, 0.6) is 0 Å². The molecule has 2 aromatic carbocycles. The van der Waals surface area contributed by atoms with Crippen molar-refractivity contribution in [2.24, 2.45) is 0 Å². The topological polar surface area (TPSA) is 97.1 Å². The second-order valence-electron chi connectivity index (χ2n) is 7.52. The minimum absolute atomic E-state index is 0.216. The van der Waals surface area contributed by atoms with Gasteiger partial charge in [-0.05, 0) is 38.0 Å². The Labute approximate surface area is 188 Å². The number of rotatable bonds is 9. The highest BCUT2D eigenvalue weighted by atomic mass is 19.1. The Morgan fingerprint density at radius 2 is 1.70 bits per heavy atom. The van der Waals surface area contributed by atoms with Gasteiger partial charge in [0, 0.05) is 18.2 Å². The molecular weight excluding hydrogens is 437 g/mol. The van der Waals surface area contributed by atoms with Gasteiger partial charge in [0.2, 0.25) is 18.0 Å². The Hall–Kier alpha value is -3.69. The molecule has 2 N–H and O–H groups in total. The summed E-state index contributed by atoms with van der Waals surface area (Å²) in [6.07, 6.45) is -1.89. The predicted octanol–water partition coefficient (Wildman–Crippen LogP) is 3.51. The van der Waals surface area contributed by atoms with E-state index in [4.69, 9.17) is 4.52 Å². The van der Waals surface area contributed by atoms with Crippen LogP contribution >= 0.6 is 0 Å². The van der Waals surface area contributed by atoms with Crippen LogP contribution in [0.2, 0.25) is 0 Å². The third-order valence-electron chi connectivity index (χ3n) is 4.94. The van der Waals surface area contributed by atoms with Crippen molar-refractivity contribution in [3.63, 3.8) is 0 Å². The Morgan fingerprint density at radius 1 is 1.03 bits per heavy atom. The van der Waals surface area contributed by atoms with E-state index >= 15 is 0 Å². The maximum atomic E-state index is 14.3. The molecule has 33 heavy (non-hydrogen) atoms. The van der Waals surface area contributed by atoms with Gasteiger partial charge in [0.25, 0.3) is 5.91 Å². The van der Waals surface area contributed by atoms with Gasteiger partial charge in [-0.3, -0.25) is 9.59 Å². The molecule has 0 bridgehead atoms. The van der Waals surface area contributed by atoms with Gasteiger partial charge in [-0.15, -0.1) is 0 Å². The highest BCUT2D eigenvalue weighted by Gasteiger charge is 2.25. The molecule has 0 fully saturated rings. The van der Waals surface area contributed by atoms with Gasteiger partial charge in [0.1, 0.15) is 17.7 Å². The zero-order valence-electron chi connectivity index (χ0n) is 18.0. The van der Waals surface area contributed by atoms with E-state index in [1.807, 2.05) is 30.3 Å². The third-order valence-corrected chi connectivity index (χ3v) is 4.94. The summed E-state index contributed by atoms with van der Waals surface area (Å²) in [5.41, 5.74) is 0.456. The second kappa shape index (κ2) is 10.8. The van der Waals surface area contributed by atoms with Crippen molar-refractivity contribution < 1.29 is 27.3 Å². The summed E-state index contributed by atoms with van der Waals surface area (Å²) in [5, 5.41) is 8.70. The van der Waals surface area contributed by atoms with Crippen molar-refractivity contribution >= 4 is 11.8 Å². The van der Waals surface area contributed by atoms with Gasteiger partial charge >= 0.3 is 0 Å². The quantitative estimate of drug-likeness (QED) is 0.509. The number of aromatic nitrogens is 2. The van der Waals surface area contributed by atoms with Gasteiger partial charge in [-0.1, -0.05) is 35.5 Å². The van der Waals surface area contributed by atoms with E-state index in [0.29, 0.717) is 24.2 Å². The molecule has 3 rings (SSSR count). The van der Waals surface area contributed by atoms with E-state index in [1.54, 1.807) is 6.92 Å². The maximum Gasteiger partial charge on any atom is 0.259 e. The van der Waals surface area contributed by atoms with Crippen LogP contribution in [0, 0.1) is 18.6 Å². The van der Waals surface area contributed by atoms with E-state index in [0.717, 1.165) is 17.7 Å². The summed E-state index contributed by atoms with van der Waals surface area (Å²) in [6.45, 7) is 3.30. The smallest absolute Gasteiger partial charge is 0.259 e. The maximum absolute atomic E-state index is 14.3. The van der Waals surface area contributed by atoms with Crippen LogP contribution in [0.25, 0.3) is 0 Å². The number of hydrogen-bond donors (Lipinski definition) is 2. The lowest BCUT2D eigenvalue weighted by molar-refractivity contribution is -0.131. The number of amides is 2. The van der Waals surface area contributed by atoms with Crippen LogP contribution in [0.3, 0.4) is 0 Å². The first kappa shape index (κ1) is 24.0. The molecule has 0 aliphatic heterocycles. The van der Waals surface area contributed by atoms with Gasteiger partial charge in [-0.25, -0.2) is 13.2 Å². The van der Waals surface area contributed by atoms with E-state index in [9.17, 15) is 22.8 Å². The predicted molar refractivity (Wildman–Crippen MR) is 113 cm³/mol. The molecule has 7 nitrogen and oxygen atoms in total. The van der Waals surface area contributed by atoms with Crippen molar-refractivity contribution in [2.45, 2.75) is 38.4 Å². The highest BCUT2D eigenvalue weighted by Crippen LogP contribution is 2.26. The molecule has 0 radical (unpaired) electrons. The Bertz CT molecular complexity index is 1090. The van der Waals surface area contributed by atoms with Gasteiger partial charge in [-0.2, -0.15) is 4.98 Å². The van der Waals surface area contributed by atoms with E-state index in [1.165, 1.54) is 6.92 Å². The number of hydrogen-bond acceptors (Lipinski definition) is 5. The van der Waals surface area contributed by atoms with Crippen LogP contribution < -0.4 is 10.6 Å². The molecule has 0 aliphatic rings. The summed E-state index contributed by atoms with van der Waals surface area (Å²) >= 11 is 0. The molecular formula is C23H23F3N4O3. The average Bonchev–Trinajstić information content (AvgIpc) is 3.21. The van der Waals surface area contributed by atoms with Crippen LogP contribution in [-0.4, -0.2) is 34.5 Å². The van der Waals surface area contributed by atoms with Crippen molar-refractivity contribution in [3.8, 4) is 0 Å². The zero-order valence-corrected chi connectivity index (χ0v) is 18.0. The van der Waals surface area contributed by atoms with E-state index in [2.05, 4.69) is 20.8 Å². The number of halogens is 3. The van der Waals surface area contributed by atoms with E-state index in [-0.39, 0.29) is 12.5 Å². The fourth-order valence-electron chi connectivity index (χ4n) is 3.29. The average molecular weight is 460 g/mol. The first-order valence-corrected chi connectivity index (χ1v) is 10.3. The molecule has 1 heterocycles. The summed E-state index contributed by atoms with van der Waals surface area (Å²) in [6, 6.07) is 10.4.